The van der Waals surface area contributed by atoms with Gasteiger partial charge in [0.2, 0.25) is 5.88 Å². The van der Waals surface area contributed by atoms with Gasteiger partial charge in [-0.1, -0.05) is 18.2 Å². The highest BCUT2D eigenvalue weighted by atomic mass is 16.5. The monoisotopic (exact) mass is 350 g/mol. The molecule has 134 valence electrons. The van der Waals surface area contributed by atoms with Crippen LogP contribution in [0, 0.1) is 13.8 Å². The number of hydrogen-bond donors (Lipinski definition) is 1. The van der Waals surface area contributed by atoms with Gasteiger partial charge in [-0.05, 0) is 38.8 Å². The van der Waals surface area contributed by atoms with E-state index in [-0.39, 0.29) is 12.0 Å². The number of H-pyrrole nitrogens is 1. The maximum absolute atomic E-state index is 12.9. The summed E-state index contributed by atoms with van der Waals surface area (Å²) in [6.07, 6.45) is 1.78. The maximum Gasteiger partial charge on any atom is 0.270 e. The summed E-state index contributed by atoms with van der Waals surface area (Å²) in [5.74, 6) is 1.30. The number of hydrogen-bond acceptors (Lipinski definition) is 4. The van der Waals surface area contributed by atoms with Gasteiger partial charge in [0.05, 0.1) is 6.54 Å². The number of benzene rings is 1. The molecule has 0 aliphatic carbocycles. The molecular weight excluding hydrogens is 328 g/mol. The topological polar surface area (TPSA) is 71.1 Å². The molecule has 1 unspecified atom stereocenters. The van der Waals surface area contributed by atoms with Crippen LogP contribution in [0.4, 0.5) is 0 Å². The smallest absolute Gasteiger partial charge is 0.270 e. The number of aromatic amines is 1. The molecule has 26 heavy (non-hydrogen) atoms. The van der Waals surface area contributed by atoms with E-state index in [1.807, 2.05) is 55.1 Å². The number of nitrogens with one attached hydrogen (secondary N) is 1. The molecule has 4 rings (SSSR count). The van der Waals surface area contributed by atoms with Gasteiger partial charge in [-0.3, -0.25) is 4.79 Å². The molecule has 1 saturated heterocycles. The van der Waals surface area contributed by atoms with Gasteiger partial charge < -0.3 is 14.6 Å². The van der Waals surface area contributed by atoms with Crippen LogP contribution in [0.1, 0.15) is 34.8 Å². The molecule has 1 aromatic carbocycles. The Morgan fingerprint density at radius 3 is 2.88 bits per heavy atom. The molecule has 3 aromatic rings. The Kier molecular flexibility index (Phi) is 4.32. The average molecular weight is 350 g/mol. The molecule has 1 aliphatic rings. The van der Waals surface area contributed by atoms with E-state index in [0.29, 0.717) is 23.9 Å². The molecule has 3 heterocycles. The van der Waals surface area contributed by atoms with E-state index in [1.54, 1.807) is 0 Å². The number of amides is 1. The Morgan fingerprint density at radius 1 is 1.23 bits per heavy atom. The molecule has 0 saturated carbocycles. The second-order valence-electron chi connectivity index (χ2n) is 6.80. The SMILES string of the molecule is Cc1cc(OC2CCCN(C(=O)c3cc4ccccc4[nH]3)C2)nc(C)n1. The molecule has 0 spiro atoms. The lowest BCUT2D eigenvalue weighted by atomic mass is 10.1. The molecular formula is C20H22N4O2. The number of carbonyl (C=O) groups is 1. The second kappa shape index (κ2) is 6.78. The van der Waals surface area contributed by atoms with Crippen molar-refractivity contribution < 1.29 is 9.53 Å². The molecule has 2 aromatic heterocycles. The third-order valence-corrected chi connectivity index (χ3v) is 4.66. The van der Waals surface area contributed by atoms with Crippen LogP contribution in [0.15, 0.2) is 36.4 Å². The van der Waals surface area contributed by atoms with Crippen molar-refractivity contribution >= 4 is 16.8 Å². The number of ether oxygens (including phenoxy) is 1. The molecule has 0 bridgehead atoms. The van der Waals surface area contributed by atoms with E-state index >= 15 is 0 Å². The Balaban J connectivity index is 1.48. The minimum Gasteiger partial charge on any atom is -0.472 e. The van der Waals surface area contributed by atoms with E-state index in [1.165, 1.54) is 0 Å². The summed E-state index contributed by atoms with van der Waals surface area (Å²) in [5.41, 5.74) is 2.49. The summed E-state index contributed by atoms with van der Waals surface area (Å²) in [6.45, 7) is 5.09. The van der Waals surface area contributed by atoms with Crippen molar-refractivity contribution in [3.63, 3.8) is 0 Å². The molecule has 1 amide bonds. The van der Waals surface area contributed by atoms with Crippen molar-refractivity contribution in [2.45, 2.75) is 32.8 Å². The van der Waals surface area contributed by atoms with Crippen molar-refractivity contribution in [1.82, 2.24) is 19.9 Å². The average Bonchev–Trinajstić information content (AvgIpc) is 3.04. The minimum absolute atomic E-state index is 0.0181. The number of nitrogens with zero attached hydrogens (tertiary/aromatic N) is 3. The van der Waals surface area contributed by atoms with Gasteiger partial charge in [0, 0.05) is 29.2 Å². The number of piperidine rings is 1. The summed E-state index contributed by atoms with van der Waals surface area (Å²) < 4.78 is 6.04. The predicted octanol–water partition coefficient (Wildman–Crippen LogP) is 3.26. The van der Waals surface area contributed by atoms with Gasteiger partial charge in [0.15, 0.2) is 0 Å². The highest BCUT2D eigenvalue weighted by Crippen LogP contribution is 2.21. The van der Waals surface area contributed by atoms with Crippen LogP contribution in [0.2, 0.25) is 0 Å². The lowest BCUT2D eigenvalue weighted by Crippen LogP contribution is -2.44. The highest BCUT2D eigenvalue weighted by Gasteiger charge is 2.27. The first-order chi connectivity index (χ1) is 12.6. The molecule has 1 N–H and O–H groups in total. The fraction of sp³-hybridized carbons (Fsp3) is 0.350. The van der Waals surface area contributed by atoms with E-state index in [2.05, 4.69) is 15.0 Å². The van der Waals surface area contributed by atoms with Crippen molar-refractivity contribution in [2.75, 3.05) is 13.1 Å². The van der Waals surface area contributed by atoms with Gasteiger partial charge in [0.1, 0.15) is 17.6 Å². The van der Waals surface area contributed by atoms with Gasteiger partial charge in [-0.25, -0.2) is 4.98 Å². The zero-order valence-corrected chi connectivity index (χ0v) is 15.0. The van der Waals surface area contributed by atoms with Gasteiger partial charge in [0.25, 0.3) is 5.91 Å². The number of carbonyl (C=O) groups excluding carboxylic acids is 1. The van der Waals surface area contributed by atoms with E-state index in [0.717, 1.165) is 36.0 Å². The number of likely N-dealkylation sites (tertiary alicyclic amines) is 1. The van der Waals surface area contributed by atoms with Crippen molar-refractivity contribution in [3.8, 4) is 5.88 Å². The normalized spacial score (nSPS) is 17.5. The zero-order valence-electron chi connectivity index (χ0n) is 15.0. The molecule has 6 nitrogen and oxygen atoms in total. The molecule has 1 atom stereocenters. The number of fused-ring (bicyclic) bond motifs is 1. The summed E-state index contributed by atoms with van der Waals surface area (Å²) in [5, 5.41) is 1.05. The van der Waals surface area contributed by atoms with Crippen LogP contribution < -0.4 is 4.74 Å². The first-order valence-corrected chi connectivity index (χ1v) is 8.94. The van der Waals surface area contributed by atoms with Crippen LogP contribution in [-0.4, -0.2) is 45.0 Å². The van der Waals surface area contributed by atoms with Crippen molar-refractivity contribution in [1.29, 1.82) is 0 Å². The molecule has 0 radical (unpaired) electrons. The Labute approximate surface area is 152 Å². The lowest BCUT2D eigenvalue weighted by Gasteiger charge is -2.32. The van der Waals surface area contributed by atoms with Gasteiger partial charge in [-0.15, -0.1) is 0 Å². The van der Waals surface area contributed by atoms with Crippen LogP contribution in [-0.2, 0) is 0 Å². The highest BCUT2D eigenvalue weighted by molar-refractivity contribution is 5.98. The van der Waals surface area contributed by atoms with Crippen molar-refractivity contribution in [3.05, 3.63) is 53.6 Å². The molecule has 6 heteroatoms. The summed E-state index contributed by atoms with van der Waals surface area (Å²) in [7, 11) is 0. The summed E-state index contributed by atoms with van der Waals surface area (Å²) >= 11 is 0. The minimum atomic E-state index is -0.0502. The van der Waals surface area contributed by atoms with E-state index < -0.39 is 0 Å². The standard InChI is InChI=1S/C20H22N4O2/c1-13-10-19(22-14(2)21-13)26-16-7-5-9-24(12-16)20(25)18-11-15-6-3-4-8-17(15)23-18/h3-4,6,8,10-11,16,23H,5,7,9,12H2,1-2H3. The fourth-order valence-corrected chi connectivity index (χ4v) is 3.49. The number of rotatable bonds is 3. The Hall–Kier alpha value is -2.89. The van der Waals surface area contributed by atoms with Crippen LogP contribution >= 0.6 is 0 Å². The molecule has 1 fully saturated rings. The largest absolute Gasteiger partial charge is 0.472 e. The summed E-state index contributed by atoms with van der Waals surface area (Å²) in [4.78, 5) is 26.6. The quantitative estimate of drug-likeness (QED) is 0.787. The first-order valence-electron chi connectivity index (χ1n) is 8.94. The number of para-hydroxylation sites is 1. The van der Waals surface area contributed by atoms with Crippen molar-refractivity contribution in [2.24, 2.45) is 0 Å². The van der Waals surface area contributed by atoms with Gasteiger partial charge in [-0.2, -0.15) is 4.98 Å². The third-order valence-electron chi connectivity index (χ3n) is 4.66. The maximum atomic E-state index is 12.9. The van der Waals surface area contributed by atoms with Crippen LogP contribution in [0.5, 0.6) is 5.88 Å². The van der Waals surface area contributed by atoms with Crippen LogP contribution in [0.3, 0.4) is 0 Å². The third kappa shape index (κ3) is 3.40. The Morgan fingerprint density at radius 2 is 2.08 bits per heavy atom. The van der Waals surface area contributed by atoms with Crippen LogP contribution in [0.25, 0.3) is 10.9 Å². The second-order valence-corrected chi connectivity index (χ2v) is 6.80. The fourth-order valence-electron chi connectivity index (χ4n) is 3.49. The van der Waals surface area contributed by atoms with E-state index in [4.69, 9.17) is 4.74 Å². The number of aryl methyl sites for hydroxylation is 2. The first kappa shape index (κ1) is 16.6. The predicted molar refractivity (Wildman–Crippen MR) is 99.4 cm³/mol. The lowest BCUT2D eigenvalue weighted by molar-refractivity contribution is 0.0522. The zero-order chi connectivity index (χ0) is 18.1. The van der Waals surface area contributed by atoms with Gasteiger partial charge >= 0.3 is 0 Å². The molecule has 1 aliphatic heterocycles. The number of aromatic nitrogens is 3. The summed E-state index contributed by atoms with van der Waals surface area (Å²) in [6, 6.07) is 11.7. The Bertz CT molecular complexity index is 897. The van der Waals surface area contributed by atoms with E-state index in [9.17, 15) is 4.79 Å².